The van der Waals surface area contributed by atoms with E-state index in [-0.39, 0.29) is 7.92 Å². The van der Waals surface area contributed by atoms with E-state index in [4.69, 9.17) is 0 Å². The monoisotopic (exact) mass is 355 g/mol. The Balaban J connectivity index is 2.21. The van der Waals surface area contributed by atoms with Gasteiger partial charge in [0.25, 0.3) is 0 Å². The van der Waals surface area contributed by atoms with Crippen LogP contribution in [0.5, 0.6) is 0 Å². The lowest BCUT2D eigenvalue weighted by Gasteiger charge is -2.24. The number of para-hydroxylation sites is 2. The molecule has 0 bridgehead atoms. The third-order valence-electron chi connectivity index (χ3n) is 4.33. The van der Waals surface area contributed by atoms with Crippen LogP contribution < -0.4 is 5.32 Å². The van der Waals surface area contributed by atoms with E-state index in [0.717, 1.165) is 18.3 Å². The molecule has 0 aromatic heterocycles. The molecule has 0 aliphatic rings. The largest absolute Gasteiger partial charge is 0.355 e. The van der Waals surface area contributed by atoms with Gasteiger partial charge in [0, 0.05) is 11.4 Å². The van der Waals surface area contributed by atoms with Gasteiger partial charge in [-0.2, -0.15) is 0 Å². The highest BCUT2D eigenvalue weighted by molar-refractivity contribution is 7.56. The molecule has 2 aromatic carbocycles. The molecule has 0 radical (unpaired) electrons. The van der Waals surface area contributed by atoms with Crippen molar-refractivity contribution < 1.29 is 0 Å². The summed E-state index contributed by atoms with van der Waals surface area (Å²) in [5.41, 5.74) is 5.38. The summed E-state index contributed by atoms with van der Waals surface area (Å²) in [5.74, 6) is 1.57. The highest BCUT2D eigenvalue weighted by atomic mass is 31.1. The smallest absolute Gasteiger partial charge is 0.0420 e. The summed E-state index contributed by atoms with van der Waals surface area (Å²) < 4.78 is 0. The number of nitrogens with one attached hydrogen (secondary N) is 1. The summed E-state index contributed by atoms with van der Waals surface area (Å²) in [6, 6.07) is 17.5. The molecule has 0 aliphatic carbocycles. The molecule has 0 spiro atoms. The summed E-state index contributed by atoms with van der Waals surface area (Å²) in [6.07, 6.45) is 5.02. The van der Waals surface area contributed by atoms with Crippen LogP contribution in [0.15, 0.2) is 48.5 Å². The minimum atomic E-state index is 0.0420. The Hall–Kier alpha value is -1.33. The molecule has 0 saturated heterocycles. The number of rotatable bonds is 9. The van der Waals surface area contributed by atoms with Gasteiger partial charge in [0.1, 0.15) is 0 Å². The maximum Gasteiger partial charge on any atom is 0.0420 e. The summed E-state index contributed by atoms with van der Waals surface area (Å²) in [7, 11) is 0.0420. The molecule has 0 saturated carbocycles. The Bertz CT molecular complexity index is 638. The Kier molecular flexibility index (Phi) is 7.97. The van der Waals surface area contributed by atoms with Crippen LogP contribution >= 0.6 is 7.92 Å². The Labute approximate surface area is 156 Å². The Morgan fingerprint density at radius 2 is 1.24 bits per heavy atom. The molecule has 2 heteroatoms. The van der Waals surface area contributed by atoms with E-state index in [2.05, 4.69) is 88.5 Å². The van der Waals surface area contributed by atoms with E-state index in [1.807, 2.05) is 0 Å². The predicted octanol–water partition coefficient (Wildman–Crippen LogP) is 7.29. The van der Waals surface area contributed by atoms with Crippen LogP contribution in [-0.4, -0.2) is 12.3 Å². The maximum atomic E-state index is 3.71. The molecule has 25 heavy (non-hydrogen) atoms. The zero-order valence-corrected chi connectivity index (χ0v) is 17.4. The molecule has 0 unspecified atom stereocenters. The van der Waals surface area contributed by atoms with E-state index < -0.39 is 0 Å². The molecule has 0 amide bonds. The molecule has 0 heterocycles. The normalized spacial score (nSPS) is 11.5. The van der Waals surface area contributed by atoms with Crippen LogP contribution in [0.3, 0.4) is 0 Å². The molecular formula is C23H34NP. The predicted molar refractivity (Wildman–Crippen MR) is 116 cm³/mol. The first kappa shape index (κ1) is 20.0. The van der Waals surface area contributed by atoms with Crippen molar-refractivity contribution in [3.05, 3.63) is 59.7 Å². The second-order valence-corrected chi connectivity index (χ2v) is 10.2. The molecule has 136 valence electrons. The third-order valence-corrected chi connectivity index (χ3v) is 7.61. The van der Waals surface area contributed by atoms with E-state index in [0.29, 0.717) is 0 Å². The number of hydrogen-bond donors (Lipinski definition) is 1. The Morgan fingerprint density at radius 3 is 1.76 bits per heavy atom. The average Bonchev–Trinajstić information content (AvgIpc) is 2.56. The van der Waals surface area contributed by atoms with Crippen molar-refractivity contribution in [2.24, 2.45) is 11.8 Å². The third kappa shape index (κ3) is 6.48. The fourth-order valence-corrected chi connectivity index (χ4v) is 6.58. The van der Waals surface area contributed by atoms with E-state index >= 15 is 0 Å². The minimum Gasteiger partial charge on any atom is -0.355 e. The zero-order chi connectivity index (χ0) is 18.2. The van der Waals surface area contributed by atoms with Gasteiger partial charge in [0.2, 0.25) is 0 Å². The topological polar surface area (TPSA) is 12.0 Å². The van der Waals surface area contributed by atoms with Crippen molar-refractivity contribution in [1.29, 1.82) is 0 Å². The SMILES string of the molecule is CCc1ccccc1Nc1ccccc1CP(CC(C)C)CC(C)C. The lowest BCUT2D eigenvalue weighted by molar-refractivity contribution is 0.717. The van der Waals surface area contributed by atoms with Crippen LogP contribution in [-0.2, 0) is 12.6 Å². The first-order valence-corrected chi connectivity index (χ1v) is 11.5. The van der Waals surface area contributed by atoms with Crippen molar-refractivity contribution in [1.82, 2.24) is 0 Å². The molecule has 2 rings (SSSR count). The van der Waals surface area contributed by atoms with Crippen LogP contribution in [0, 0.1) is 11.8 Å². The van der Waals surface area contributed by atoms with E-state index in [1.54, 1.807) is 0 Å². The fraction of sp³-hybridized carbons (Fsp3) is 0.478. The van der Waals surface area contributed by atoms with E-state index in [9.17, 15) is 0 Å². The molecule has 2 aromatic rings. The van der Waals surface area contributed by atoms with Gasteiger partial charge in [-0.1, -0.05) is 71.0 Å². The number of benzene rings is 2. The summed E-state index contributed by atoms with van der Waals surface area (Å²) in [5, 5.41) is 3.71. The highest BCUT2D eigenvalue weighted by Gasteiger charge is 2.15. The van der Waals surface area contributed by atoms with Crippen molar-refractivity contribution in [3.8, 4) is 0 Å². The lowest BCUT2D eigenvalue weighted by Crippen LogP contribution is -2.05. The summed E-state index contributed by atoms with van der Waals surface area (Å²) in [6.45, 7) is 11.7. The average molecular weight is 356 g/mol. The van der Waals surface area contributed by atoms with Crippen molar-refractivity contribution in [2.75, 3.05) is 17.6 Å². The first-order chi connectivity index (χ1) is 12.0. The van der Waals surface area contributed by atoms with Crippen molar-refractivity contribution in [2.45, 2.75) is 47.2 Å². The van der Waals surface area contributed by atoms with Crippen LogP contribution in [0.25, 0.3) is 0 Å². The zero-order valence-electron chi connectivity index (χ0n) is 16.5. The Morgan fingerprint density at radius 1 is 0.760 bits per heavy atom. The molecule has 0 aliphatic heterocycles. The van der Waals surface area contributed by atoms with Gasteiger partial charge in [-0.05, 0) is 60.0 Å². The number of anilines is 2. The highest BCUT2D eigenvalue weighted by Crippen LogP contribution is 2.45. The van der Waals surface area contributed by atoms with Gasteiger partial charge in [-0.25, -0.2) is 0 Å². The maximum absolute atomic E-state index is 3.71. The van der Waals surface area contributed by atoms with Gasteiger partial charge < -0.3 is 5.32 Å². The van der Waals surface area contributed by atoms with E-state index in [1.165, 1.54) is 41.0 Å². The minimum absolute atomic E-state index is 0.0420. The van der Waals surface area contributed by atoms with Gasteiger partial charge >= 0.3 is 0 Å². The second-order valence-electron chi connectivity index (χ2n) is 7.77. The van der Waals surface area contributed by atoms with Gasteiger partial charge in [0.05, 0.1) is 0 Å². The van der Waals surface area contributed by atoms with Crippen LogP contribution in [0.4, 0.5) is 11.4 Å². The summed E-state index contributed by atoms with van der Waals surface area (Å²) in [4.78, 5) is 0. The molecule has 1 nitrogen and oxygen atoms in total. The molecule has 0 fully saturated rings. The quantitative estimate of drug-likeness (QED) is 0.466. The standard InChI is InChI=1S/C23H34NP/c1-6-20-11-7-9-13-22(20)24-23-14-10-8-12-21(23)17-25(15-18(2)3)16-19(4)5/h7-14,18-19,24H,6,15-17H2,1-5H3. The fourth-order valence-electron chi connectivity index (χ4n) is 3.35. The van der Waals surface area contributed by atoms with Gasteiger partial charge in [-0.15, -0.1) is 7.92 Å². The van der Waals surface area contributed by atoms with Crippen molar-refractivity contribution >= 4 is 19.3 Å². The second kappa shape index (κ2) is 9.97. The van der Waals surface area contributed by atoms with Crippen molar-refractivity contribution in [3.63, 3.8) is 0 Å². The van der Waals surface area contributed by atoms with Gasteiger partial charge in [-0.3, -0.25) is 0 Å². The van der Waals surface area contributed by atoms with Crippen LogP contribution in [0.2, 0.25) is 0 Å². The molecule has 1 N–H and O–H groups in total. The number of aryl methyl sites for hydroxylation is 1. The first-order valence-electron chi connectivity index (χ1n) is 9.64. The van der Waals surface area contributed by atoms with Gasteiger partial charge in [0.15, 0.2) is 0 Å². The number of hydrogen-bond acceptors (Lipinski definition) is 1. The summed E-state index contributed by atoms with van der Waals surface area (Å²) >= 11 is 0. The lowest BCUT2D eigenvalue weighted by atomic mass is 10.1. The molecular weight excluding hydrogens is 321 g/mol. The molecule has 0 atom stereocenters. The van der Waals surface area contributed by atoms with Crippen LogP contribution in [0.1, 0.15) is 45.7 Å².